The summed E-state index contributed by atoms with van der Waals surface area (Å²) in [5, 5.41) is 0. The molecule has 0 aromatic rings. The molecule has 0 aromatic heterocycles. The molecule has 0 fully saturated rings. The Hall–Kier alpha value is -0.370. The molecule has 0 bridgehead atoms. The van der Waals surface area contributed by atoms with E-state index in [1.807, 2.05) is 6.08 Å². The minimum Gasteiger partial charge on any atom is -0.378 e. The zero-order valence-corrected chi connectivity index (χ0v) is 13.3. The number of halogens is 1. The molecule has 0 saturated carbocycles. The van der Waals surface area contributed by atoms with Gasteiger partial charge in [0, 0.05) is 6.61 Å². The summed E-state index contributed by atoms with van der Waals surface area (Å²) < 4.78 is 17.5. The van der Waals surface area contributed by atoms with Gasteiger partial charge in [-0.2, -0.15) is 0 Å². The fourth-order valence-corrected chi connectivity index (χ4v) is 2.13. The van der Waals surface area contributed by atoms with Crippen molar-refractivity contribution in [1.82, 2.24) is 0 Å². The summed E-state index contributed by atoms with van der Waals surface area (Å²) in [6.45, 7) is 13.1. The van der Waals surface area contributed by atoms with E-state index in [1.165, 1.54) is 19.3 Å². The lowest BCUT2D eigenvalue weighted by atomic mass is 9.85. The molecule has 2 heteroatoms. The largest absolute Gasteiger partial charge is 0.378 e. The van der Waals surface area contributed by atoms with Crippen molar-refractivity contribution in [2.75, 3.05) is 13.3 Å². The van der Waals surface area contributed by atoms with E-state index < -0.39 is 0 Å². The van der Waals surface area contributed by atoms with E-state index in [1.54, 1.807) is 0 Å². The van der Waals surface area contributed by atoms with Gasteiger partial charge < -0.3 is 4.74 Å². The first-order valence-corrected chi connectivity index (χ1v) is 7.81. The van der Waals surface area contributed by atoms with Gasteiger partial charge >= 0.3 is 0 Å². The highest BCUT2D eigenvalue weighted by Crippen LogP contribution is 2.24. The average molecular weight is 272 g/mol. The Bertz CT molecular complexity index is 217. The Kier molecular flexibility index (Phi) is 11.2. The van der Waals surface area contributed by atoms with Crippen LogP contribution < -0.4 is 0 Å². The Morgan fingerprint density at radius 3 is 2.11 bits per heavy atom. The molecule has 4 unspecified atom stereocenters. The second-order valence-corrected chi connectivity index (χ2v) is 6.05. The molecule has 19 heavy (non-hydrogen) atoms. The van der Waals surface area contributed by atoms with Crippen molar-refractivity contribution in [2.24, 2.45) is 17.8 Å². The van der Waals surface area contributed by atoms with Gasteiger partial charge in [-0.05, 0) is 56.8 Å². The van der Waals surface area contributed by atoms with E-state index in [0.717, 1.165) is 18.3 Å². The van der Waals surface area contributed by atoms with Crippen LogP contribution in [0.25, 0.3) is 0 Å². The Labute approximate surface area is 119 Å². The lowest BCUT2D eigenvalue weighted by Crippen LogP contribution is -2.15. The van der Waals surface area contributed by atoms with Crippen molar-refractivity contribution in [3.05, 3.63) is 12.7 Å². The molecule has 114 valence electrons. The van der Waals surface area contributed by atoms with E-state index in [4.69, 9.17) is 4.74 Å². The first kappa shape index (κ1) is 18.6. The molecule has 0 N–H and O–H groups in total. The van der Waals surface area contributed by atoms with E-state index in [2.05, 4.69) is 34.3 Å². The Morgan fingerprint density at radius 2 is 1.58 bits per heavy atom. The summed E-state index contributed by atoms with van der Waals surface area (Å²) in [5.41, 5.74) is 0. The van der Waals surface area contributed by atoms with Crippen molar-refractivity contribution in [3.63, 3.8) is 0 Å². The standard InChI is InChI=1S/C17H33FO/c1-6-14(2)8-9-15(3)16(4)10-11-17(5)19-13-7-12-18/h6,14-17H,1,7-13H2,2-5H3. The third-order valence-corrected chi connectivity index (χ3v) is 4.16. The van der Waals surface area contributed by atoms with Gasteiger partial charge in [0.2, 0.25) is 0 Å². The molecule has 0 rings (SSSR count). The van der Waals surface area contributed by atoms with Crippen LogP contribution in [0.1, 0.15) is 59.8 Å². The predicted molar refractivity (Wildman–Crippen MR) is 82.2 cm³/mol. The molecule has 0 radical (unpaired) electrons. The first-order chi connectivity index (χ1) is 9.01. The van der Waals surface area contributed by atoms with Crippen LogP contribution in [0.4, 0.5) is 4.39 Å². The van der Waals surface area contributed by atoms with Gasteiger partial charge in [0.25, 0.3) is 0 Å². The Morgan fingerprint density at radius 1 is 1.00 bits per heavy atom. The maximum atomic E-state index is 12.0. The van der Waals surface area contributed by atoms with Gasteiger partial charge in [0.15, 0.2) is 0 Å². The highest BCUT2D eigenvalue weighted by molar-refractivity contribution is 4.76. The molecule has 0 aliphatic heterocycles. The summed E-state index contributed by atoms with van der Waals surface area (Å²) in [7, 11) is 0. The third-order valence-electron chi connectivity index (χ3n) is 4.16. The summed E-state index contributed by atoms with van der Waals surface area (Å²) >= 11 is 0. The zero-order chi connectivity index (χ0) is 14.7. The average Bonchev–Trinajstić information content (AvgIpc) is 2.41. The van der Waals surface area contributed by atoms with Gasteiger partial charge in [-0.25, -0.2) is 0 Å². The van der Waals surface area contributed by atoms with Gasteiger partial charge in [-0.15, -0.1) is 6.58 Å². The van der Waals surface area contributed by atoms with E-state index in [-0.39, 0.29) is 12.8 Å². The normalized spacial score (nSPS) is 17.7. The zero-order valence-electron chi connectivity index (χ0n) is 13.3. The second-order valence-electron chi connectivity index (χ2n) is 6.05. The minimum absolute atomic E-state index is 0.258. The van der Waals surface area contributed by atoms with Crippen LogP contribution in [0.5, 0.6) is 0 Å². The van der Waals surface area contributed by atoms with E-state index in [9.17, 15) is 4.39 Å². The number of allylic oxidation sites excluding steroid dienone is 1. The first-order valence-electron chi connectivity index (χ1n) is 7.81. The number of hydrogen-bond donors (Lipinski definition) is 0. The maximum absolute atomic E-state index is 12.0. The van der Waals surface area contributed by atoms with Crippen LogP contribution in [0.3, 0.4) is 0 Å². The van der Waals surface area contributed by atoms with Crippen LogP contribution in [0.15, 0.2) is 12.7 Å². The summed E-state index contributed by atoms with van der Waals surface area (Å²) in [4.78, 5) is 0. The molecule has 1 nitrogen and oxygen atoms in total. The van der Waals surface area contributed by atoms with Crippen molar-refractivity contribution in [3.8, 4) is 0 Å². The Balaban J connectivity index is 3.70. The van der Waals surface area contributed by atoms with E-state index in [0.29, 0.717) is 18.9 Å². The maximum Gasteiger partial charge on any atom is 0.0916 e. The number of alkyl halides is 1. The lowest BCUT2D eigenvalue weighted by molar-refractivity contribution is 0.0500. The topological polar surface area (TPSA) is 9.23 Å². The molecule has 0 aliphatic rings. The highest BCUT2D eigenvalue weighted by atomic mass is 19.1. The molecular weight excluding hydrogens is 239 g/mol. The van der Waals surface area contributed by atoms with Crippen LogP contribution >= 0.6 is 0 Å². The SMILES string of the molecule is C=CC(C)CCC(C)C(C)CCC(C)OCCCF. The number of hydrogen-bond acceptors (Lipinski definition) is 1. The predicted octanol–water partition coefficient (Wildman–Crippen LogP) is 5.41. The quantitative estimate of drug-likeness (QED) is 0.341. The van der Waals surface area contributed by atoms with Crippen molar-refractivity contribution in [2.45, 2.75) is 65.9 Å². The van der Waals surface area contributed by atoms with Gasteiger partial charge in [0.05, 0.1) is 12.8 Å². The smallest absolute Gasteiger partial charge is 0.0916 e. The van der Waals surface area contributed by atoms with Crippen LogP contribution in [-0.2, 0) is 4.74 Å². The molecule has 0 spiro atoms. The fourth-order valence-electron chi connectivity index (χ4n) is 2.13. The number of rotatable bonds is 12. The summed E-state index contributed by atoms with van der Waals surface area (Å²) in [6, 6.07) is 0. The van der Waals surface area contributed by atoms with Crippen molar-refractivity contribution < 1.29 is 9.13 Å². The molecular formula is C17H33FO. The minimum atomic E-state index is -0.276. The van der Waals surface area contributed by atoms with E-state index >= 15 is 0 Å². The number of ether oxygens (including phenoxy) is 1. The molecule has 0 amide bonds. The monoisotopic (exact) mass is 272 g/mol. The van der Waals surface area contributed by atoms with Crippen LogP contribution in [-0.4, -0.2) is 19.4 Å². The highest BCUT2D eigenvalue weighted by Gasteiger charge is 2.14. The van der Waals surface area contributed by atoms with Gasteiger partial charge in [-0.3, -0.25) is 4.39 Å². The summed E-state index contributed by atoms with van der Waals surface area (Å²) in [6.07, 6.45) is 7.60. The van der Waals surface area contributed by atoms with Gasteiger partial charge in [-0.1, -0.05) is 26.8 Å². The van der Waals surface area contributed by atoms with Gasteiger partial charge in [0.1, 0.15) is 0 Å². The second kappa shape index (κ2) is 11.5. The molecule has 0 aromatic carbocycles. The van der Waals surface area contributed by atoms with Crippen molar-refractivity contribution in [1.29, 1.82) is 0 Å². The summed E-state index contributed by atoms with van der Waals surface area (Å²) in [5.74, 6) is 2.10. The van der Waals surface area contributed by atoms with Crippen LogP contribution in [0, 0.1) is 17.8 Å². The fraction of sp³-hybridized carbons (Fsp3) is 0.882. The third kappa shape index (κ3) is 10.1. The molecule has 0 aliphatic carbocycles. The molecule has 4 atom stereocenters. The lowest BCUT2D eigenvalue weighted by Gasteiger charge is -2.22. The van der Waals surface area contributed by atoms with Crippen molar-refractivity contribution >= 4 is 0 Å². The van der Waals surface area contributed by atoms with Crippen LogP contribution in [0.2, 0.25) is 0 Å². The molecule has 0 heterocycles. The molecule has 0 saturated heterocycles.